The molecule has 37 heavy (non-hydrogen) atoms. The molecular formula is C26H32N5O5Tl. The van der Waals surface area contributed by atoms with Gasteiger partial charge in [0.2, 0.25) is 0 Å². The maximum absolute atomic E-state index is 13.4. The molecule has 0 saturated carbocycles. The van der Waals surface area contributed by atoms with Crippen molar-refractivity contribution in [1.82, 2.24) is 17.5 Å². The van der Waals surface area contributed by atoms with E-state index in [1.807, 2.05) is 67.4 Å². The van der Waals surface area contributed by atoms with E-state index in [0.717, 1.165) is 22.2 Å². The number of anilines is 1. The average molecular weight is 699 g/mol. The summed E-state index contributed by atoms with van der Waals surface area (Å²) in [5.74, 6) is 0.229. The summed E-state index contributed by atoms with van der Waals surface area (Å²) in [6.45, 7) is 9.84. The number of aromatic nitrogens is 3. The number of carbonyl (C=O) groups excluding carboxylic acids is 2. The Morgan fingerprint density at radius 3 is 2.62 bits per heavy atom. The van der Waals surface area contributed by atoms with Gasteiger partial charge < -0.3 is 0 Å². The SMILES string of the molecule is CO[C@@]1(C(=O)Nc2ccc3c(c2)c(-c2ccnc(OC(C)C)c2)n[n]3[Tl])CCN(C(=O)OC(C)(C)C)C1. The van der Waals surface area contributed by atoms with Gasteiger partial charge in [-0.1, -0.05) is 0 Å². The summed E-state index contributed by atoms with van der Waals surface area (Å²) in [5, 5.41) is 8.69. The van der Waals surface area contributed by atoms with E-state index in [4.69, 9.17) is 19.3 Å². The summed E-state index contributed by atoms with van der Waals surface area (Å²) < 4.78 is 18.9. The van der Waals surface area contributed by atoms with E-state index < -0.39 is 17.3 Å². The fraction of sp³-hybridized carbons (Fsp3) is 0.462. The van der Waals surface area contributed by atoms with Crippen LogP contribution in [-0.4, -0.2) is 93.0 Å². The Kier molecular flexibility index (Phi) is 7.79. The van der Waals surface area contributed by atoms with Crippen LogP contribution < -0.4 is 10.1 Å². The Bertz CT molecular complexity index is 1320. The molecule has 1 aromatic carbocycles. The Hall–Kier alpha value is -2.74. The molecule has 1 fully saturated rings. The van der Waals surface area contributed by atoms with Crippen LogP contribution in [0.4, 0.5) is 10.5 Å². The Balaban J connectivity index is 1.58. The molecule has 1 saturated heterocycles. The van der Waals surface area contributed by atoms with Crippen molar-refractivity contribution in [2.45, 2.75) is 58.3 Å². The monoisotopic (exact) mass is 699 g/mol. The van der Waals surface area contributed by atoms with Crippen LogP contribution in [0, 0.1) is 0 Å². The van der Waals surface area contributed by atoms with E-state index in [9.17, 15) is 9.59 Å². The molecule has 0 radical (unpaired) electrons. The van der Waals surface area contributed by atoms with Crippen molar-refractivity contribution in [3.8, 4) is 17.1 Å². The van der Waals surface area contributed by atoms with Crippen molar-refractivity contribution in [3.63, 3.8) is 0 Å². The van der Waals surface area contributed by atoms with E-state index in [1.165, 1.54) is 12.0 Å². The van der Waals surface area contributed by atoms with Crippen LogP contribution in [0.15, 0.2) is 36.5 Å². The van der Waals surface area contributed by atoms with Gasteiger partial charge in [-0.2, -0.15) is 0 Å². The van der Waals surface area contributed by atoms with Crippen LogP contribution in [-0.2, 0) is 14.3 Å². The van der Waals surface area contributed by atoms with Crippen LogP contribution in [0.25, 0.3) is 22.2 Å². The second-order valence-corrected chi connectivity index (χ2v) is 12.3. The summed E-state index contributed by atoms with van der Waals surface area (Å²) in [7, 11) is 1.49. The second kappa shape index (κ2) is 10.6. The van der Waals surface area contributed by atoms with Crippen molar-refractivity contribution >= 4 is 54.7 Å². The van der Waals surface area contributed by atoms with Crippen molar-refractivity contribution < 1.29 is 23.8 Å². The van der Waals surface area contributed by atoms with Crippen molar-refractivity contribution in [2.75, 3.05) is 25.5 Å². The molecule has 1 aliphatic heterocycles. The number of nitrogens with zero attached hydrogens (tertiary/aromatic N) is 4. The van der Waals surface area contributed by atoms with Gasteiger partial charge in [0, 0.05) is 0 Å². The number of likely N-dealkylation sites (tertiary alicyclic amines) is 1. The molecule has 1 atom stereocenters. The molecule has 0 spiro atoms. The van der Waals surface area contributed by atoms with Gasteiger partial charge in [0.05, 0.1) is 0 Å². The van der Waals surface area contributed by atoms with Gasteiger partial charge in [0.15, 0.2) is 0 Å². The third-order valence-corrected chi connectivity index (χ3v) is 7.55. The molecule has 2 amide bonds. The summed E-state index contributed by atoms with van der Waals surface area (Å²) >= 11 is 0.462. The number of nitrogens with one attached hydrogen (secondary N) is 1. The molecule has 10 nitrogen and oxygen atoms in total. The second-order valence-electron chi connectivity index (χ2n) is 10.4. The molecule has 0 bridgehead atoms. The van der Waals surface area contributed by atoms with Crippen LogP contribution in [0.1, 0.15) is 41.0 Å². The predicted octanol–water partition coefficient (Wildman–Crippen LogP) is 3.78. The number of hydrogen-bond acceptors (Lipinski definition) is 7. The topological polar surface area (TPSA) is 108 Å². The van der Waals surface area contributed by atoms with Gasteiger partial charge in [0.1, 0.15) is 5.60 Å². The molecule has 0 unspecified atom stereocenters. The van der Waals surface area contributed by atoms with E-state index in [2.05, 4.69) is 10.3 Å². The molecule has 1 aliphatic rings. The molecule has 11 heteroatoms. The molecule has 3 heterocycles. The first-order chi connectivity index (χ1) is 17.4. The molecule has 0 aliphatic carbocycles. The number of amides is 2. The third kappa shape index (κ3) is 6.06. The number of ether oxygens (including phenoxy) is 3. The van der Waals surface area contributed by atoms with Gasteiger partial charge >= 0.3 is 207 Å². The number of hydrogen-bond donors (Lipinski definition) is 1. The van der Waals surface area contributed by atoms with Crippen LogP contribution in [0.5, 0.6) is 5.88 Å². The quantitative estimate of drug-likeness (QED) is 0.391. The number of methoxy groups -OCH3 is 1. The van der Waals surface area contributed by atoms with Crippen molar-refractivity contribution in [1.29, 1.82) is 0 Å². The van der Waals surface area contributed by atoms with Gasteiger partial charge in [0.25, 0.3) is 0 Å². The molecule has 2 aromatic heterocycles. The first-order valence-corrected chi connectivity index (χ1v) is 14.2. The number of rotatable bonds is 6. The summed E-state index contributed by atoms with van der Waals surface area (Å²) in [6.07, 6.45) is 1.63. The predicted molar refractivity (Wildman–Crippen MR) is 141 cm³/mol. The number of pyridine rings is 1. The Morgan fingerprint density at radius 2 is 1.95 bits per heavy atom. The Morgan fingerprint density at radius 1 is 1.19 bits per heavy atom. The molecule has 3 aromatic rings. The number of fused-ring (bicyclic) bond motifs is 1. The van der Waals surface area contributed by atoms with Crippen LogP contribution in [0.3, 0.4) is 0 Å². The van der Waals surface area contributed by atoms with Gasteiger partial charge in [-0.3, -0.25) is 0 Å². The van der Waals surface area contributed by atoms with Gasteiger partial charge in [-0.25, -0.2) is 0 Å². The van der Waals surface area contributed by atoms with E-state index in [0.29, 0.717) is 50.6 Å². The standard InChI is InChI=1S/C26H33N5O5.Tl/c1-16(2)35-21-13-17(9-11-27-21)22-19-14-18(7-8-20(19)29-30-22)28-23(32)26(34-6)10-12-31(15-26)24(33)36-25(3,4)5;/h7-9,11,13-14,16H,10,12,15H2,1-6H3,(H2,27,28,29,30,32);/q;+1/p-1/t26-;/m0./s1. The maximum atomic E-state index is 13.4. The van der Waals surface area contributed by atoms with Crippen LogP contribution >= 0.6 is 0 Å². The minimum absolute atomic E-state index is 0.00821. The molecular weight excluding hydrogens is 667 g/mol. The summed E-state index contributed by atoms with van der Waals surface area (Å²) in [5.41, 5.74) is 1.51. The first-order valence-electron chi connectivity index (χ1n) is 12.2. The van der Waals surface area contributed by atoms with Crippen molar-refractivity contribution in [2.24, 2.45) is 0 Å². The summed E-state index contributed by atoms with van der Waals surface area (Å²) in [4.78, 5) is 31.8. The van der Waals surface area contributed by atoms with Gasteiger partial charge in [-0.05, 0) is 20.8 Å². The number of benzene rings is 1. The van der Waals surface area contributed by atoms with Crippen LogP contribution in [0.2, 0.25) is 0 Å². The number of carbonyl (C=O) groups is 2. The normalized spacial score (nSPS) is 17.8. The fourth-order valence-corrected chi connectivity index (χ4v) is 5.57. The fourth-order valence-electron chi connectivity index (χ4n) is 4.25. The minimum atomic E-state index is -1.16. The summed E-state index contributed by atoms with van der Waals surface area (Å²) in [6, 6.07) is 9.50. The van der Waals surface area contributed by atoms with E-state index in [-0.39, 0.29) is 18.6 Å². The van der Waals surface area contributed by atoms with E-state index in [1.54, 1.807) is 6.20 Å². The Labute approximate surface area is 232 Å². The molecule has 1 N–H and O–H groups in total. The molecule has 194 valence electrons. The molecule has 4 rings (SSSR count). The first kappa shape index (κ1) is 27.3. The zero-order valence-electron chi connectivity index (χ0n) is 22.1. The third-order valence-electron chi connectivity index (χ3n) is 6.02. The zero-order chi connectivity index (χ0) is 27.0. The zero-order valence-corrected chi connectivity index (χ0v) is 26.6. The average Bonchev–Trinajstić information content (AvgIpc) is 3.40. The van der Waals surface area contributed by atoms with Gasteiger partial charge in [-0.15, -0.1) is 0 Å². The van der Waals surface area contributed by atoms with Crippen molar-refractivity contribution in [3.05, 3.63) is 36.5 Å². The van der Waals surface area contributed by atoms with E-state index >= 15 is 0 Å².